The van der Waals surface area contributed by atoms with Gasteiger partial charge in [-0.2, -0.15) is 13.2 Å². The summed E-state index contributed by atoms with van der Waals surface area (Å²) in [5.74, 6) is 0. The minimum Gasteiger partial charge on any atom is -0.384 e. The first-order valence-electron chi connectivity index (χ1n) is 4.67. The molecule has 0 spiro atoms. The first-order chi connectivity index (χ1) is 7.29. The molecule has 0 aliphatic rings. The summed E-state index contributed by atoms with van der Waals surface area (Å²) in [5.41, 5.74) is -2.69. The van der Waals surface area contributed by atoms with E-state index in [2.05, 4.69) is 10.3 Å². The van der Waals surface area contributed by atoms with Gasteiger partial charge in [0.2, 0.25) is 0 Å². The van der Waals surface area contributed by atoms with Gasteiger partial charge >= 0.3 is 6.18 Å². The van der Waals surface area contributed by atoms with Gasteiger partial charge in [-0.15, -0.1) is 0 Å². The molecule has 0 radical (unpaired) electrons. The van der Waals surface area contributed by atoms with Gasteiger partial charge in [-0.1, -0.05) is 0 Å². The van der Waals surface area contributed by atoms with E-state index in [0.29, 0.717) is 0 Å². The Balaban J connectivity index is 3.23. The van der Waals surface area contributed by atoms with E-state index >= 15 is 0 Å². The van der Waals surface area contributed by atoms with Gasteiger partial charge in [0.1, 0.15) is 5.60 Å². The van der Waals surface area contributed by atoms with Gasteiger partial charge < -0.3 is 10.4 Å². The number of hydrogen-bond donors (Lipinski definition) is 2. The topological polar surface area (TPSA) is 45.1 Å². The zero-order valence-corrected chi connectivity index (χ0v) is 8.97. The number of halogens is 3. The number of likely N-dealkylation sites (N-methyl/N-ethyl adjacent to an activating group) is 1. The van der Waals surface area contributed by atoms with Crippen LogP contribution in [0.5, 0.6) is 0 Å². The van der Waals surface area contributed by atoms with Crippen molar-refractivity contribution in [3.8, 4) is 0 Å². The Kier molecular flexibility index (Phi) is 3.54. The van der Waals surface area contributed by atoms with Gasteiger partial charge in [0.25, 0.3) is 0 Å². The van der Waals surface area contributed by atoms with Crippen LogP contribution in [0, 0.1) is 0 Å². The maximum atomic E-state index is 12.7. The van der Waals surface area contributed by atoms with E-state index in [9.17, 15) is 18.3 Å². The van der Waals surface area contributed by atoms with E-state index in [1.54, 1.807) is 7.05 Å². The van der Waals surface area contributed by atoms with Crippen molar-refractivity contribution >= 4 is 0 Å². The van der Waals surface area contributed by atoms with Crippen LogP contribution >= 0.6 is 0 Å². The zero-order valence-electron chi connectivity index (χ0n) is 8.97. The molecule has 1 aromatic heterocycles. The van der Waals surface area contributed by atoms with E-state index < -0.39 is 17.3 Å². The van der Waals surface area contributed by atoms with Crippen molar-refractivity contribution in [2.24, 2.45) is 0 Å². The molecular weight excluding hydrogens is 221 g/mol. The van der Waals surface area contributed by atoms with E-state index in [4.69, 9.17) is 0 Å². The molecule has 1 rings (SSSR count). The maximum Gasteiger partial charge on any atom is 0.416 e. The lowest BCUT2D eigenvalue weighted by atomic mass is 9.93. The second kappa shape index (κ2) is 4.39. The summed E-state index contributed by atoms with van der Waals surface area (Å²) < 4.78 is 38.0. The van der Waals surface area contributed by atoms with Crippen molar-refractivity contribution in [2.45, 2.75) is 18.7 Å². The fraction of sp³-hybridized carbons (Fsp3) is 0.500. The zero-order chi connectivity index (χ0) is 12.4. The molecule has 3 nitrogen and oxygen atoms in total. The van der Waals surface area contributed by atoms with Gasteiger partial charge in [-0.05, 0) is 20.0 Å². The van der Waals surface area contributed by atoms with Crippen LogP contribution in [-0.4, -0.2) is 23.7 Å². The Morgan fingerprint density at radius 1 is 1.38 bits per heavy atom. The average molecular weight is 234 g/mol. The van der Waals surface area contributed by atoms with Crippen molar-refractivity contribution in [1.82, 2.24) is 10.3 Å². The van der Waals surface area contributed by atoms with Crippen molar-refractivity contribution in [2.75, 3.05) is 13.6 Å². The van der Waals surface area contributed by atoms with Crippen LogP contribution in [0.1, 0.15) is 18.1 Å². The highest BCUT2D eigenvalue weighted by atomic mass is 19.4. The Bertz CT molecular complexity index is 363. The minimum absolute atomic E-state index is 0.0156. The van der Waals surface area contributed by atoms with Crippen LogP contribution < -0.4 is 5.32 Å². The van der Waals surface area contributed by atoms with Crippen LogP contribution in [0.2, 0.25) is 0 Å². The third-order valence-corrected chi connectivity index (χ3v) is 2.23. The molecule has 0 aromatic carbocycles. The number of nitrogens with zero attached hydrogens (tertiary/aromatic N) is 1. The van der Waals surface area contributed by atoms with Crippen molar-refractivity contribution < 1.29 is 18.3 Å². The number of rotatable bonds is 3. The van der Waals surface area contributed by atoms with Gasteiger partial charge in [-0.25, -0.2) is 0 Å². The Morgan fingerprint density at radius 3 is 2.50 bits per heavy atom. The summed E-state index contributed by atoms with van der Waals surface area (Å²) in [7, 11) is 1.55. The molecular formula is C10H13F3N2O. The fourth-order valence-electron chi connectivity index (χ4n) is 1.51. The van der Waals surface area contributed by atoms with Crippen molar-refractivity contribution in [3.05, 3.63) is 29.6 Å². The maximum absolute atomic E-state index is 12.7. The molecule has 90 valence electrons. The Morgan fingerprint density at radius 2 is 2.00 bits per heavy atom. The number of aromatic nitrogens is 1. The highest BCUT2D eigenvalue weighted by Crippen LogP contribution is 2.35. The first-order valence-corrected chi connectivity index (χ1v) is 4.67. The van der Waals surface area contributed by atoms with Gasteiger partial charge in [0.05, 0.1) is 5.56 Å². The number of pyridine rings is 1. The van der Waals surface area contributed by atoms with Crippen LogP contribution in [0.25, 0.3) is 0 Å². The average Bonchev–Trinajstić information content (AvgIpc) is 2.16. The normalized spacial score (nSPS) is 15.9. The van der Waals surface area contributed by atoms with Crippen LogP contribution in [0.4, 0.5) is 13.2 Å². The molecule has 1 atom stereocenters. The molecule has 1 aromatic rings. The summed E-state index contributed by atoms with van der Waals surface area (Å²) in [5, 5.41) is 12.6. The molecule has 16 heavy (non-hydrogen) atoms. The quantitative estimate of drug-likeness (QED) is 0.833. The predicted octanol–water partition coefficient (Wildman–Crippen LogP) is 1.53. The minimum atomic E-state index is -4.49. The van der Waals surface area contributed by atoms with E-state index in [1.807, 2.05) is 0 Å². The van der Waals surface area contributed by atoms with Gasteiger partial charge in [-0.3, -0.25) is 4.98 Å². The highest BCUT2D eigenvalue weighted by Gasteiger charge is 2.38. The van der Waals surface area contributed by atoms with E-state index in [-0.39, 0.29) is 12.1 Å². The van der Waals surface area contributed by atoms with Crippen LogP contribution in [-0.2, 0) is 11.8 Å². The number of alkyl halides is 3. The summed E-state index contributed by atoms with van der Waals surface area (Å²) >= 11 is 0. The number of hydrogen-bond acceptors (Lipinski definition) is 3. The summed E-state index contributed by atoms with van der Waals surface area (Å²) in [6, 6.07) is 0.861. The number of nitrogens with one attached hydrogen (secondary N) is 1. The lowest BCUT2D eigenvalue weighted by Gasteiger charge is -2.26. The largest absolute Gasteiger partial charge is 0.416 e. The van der Waals surface area contributed by atoms with E-state index in [0.717, 1.165) is 18.5 Å². The van der Waals surface area contributed by atoms with Crippen molar-refractivity contribution in [3.63, 3.8) is 0 Å². The smallest absolute Gasteiger partial charge is 0.384 e. The van der Waals surface area contributed by atoms with Crippen molar-refractivity contribution in [1.29, 1.82) is 0 Å². The van der Waals surface area contributed by atoms with Crippen LogP contribution in [0.15, 0.2) is 18.5 Å². The molecule has 6 heteroatoms. The first kappa shape index (κ1) is 12.9. The third kappa shape index (κ3) is 2.70. The number of aliphatic hydroxyl groups is 1. The molecule has 2 N–H and O–H groups in total. The van der Waals surface area contributed by atoms with E-state index in [1.165, 1.54) is 6.92 Å². The molecule has 1 heterocycles. The summed E-state index contributed by atoms with van der Waals surface area (Å²) in [6.45, 7) is 1.33. The lowest BCUT2D eigenvalue weighted by molar-refractivity contribution is -0.140. The lowest BCUT2D eigenvalue weighted by Crippen LogP contribution is -2.35. The summed E-state index contributed by atoms with van der Waals surface area (Å²) in [6.07, 6.45) is -2.39. The van der Waals surface area contributed by atoms with Crippen LogP contribution in [0.3, 0.4) is 0 Å². The Labute approximate surface area is 91.3 Å². The molecule has 0 saturated carbocycles. The molecule has 0 aliphatic carbocycles. The SMILES string of the molecule is CNCC(C)(O)c1cnccc1C(F)(F)F. The third-order valence-electron chi connectivity index (χ3n) is 2.23. The predicted molar refractivity (Wildman–Crippen MR) is 52.7 cm³/mol. The highest BCUT2D eigenvalue weighted by molar-refractivity contribution is 5.31. The van der Waals surface area contributed by atoms with Gasteiger partial charge in [0.15, 0.2) is 0 Å². The molecule has 0 amide bonds. The standard InChI is InChI=1S/C10H13F3N2O/c1-9(16,6-14-2)8-5-15-4-3-7(8)10(11,12)13/h3-5,14,16H,6H2,1-2H3. The second-order valence-corrected chi connectivity index (χ2v) is 3.72. The molecule has 0 fully saturated rings. The molecule has 0 aliphatic heterocycles. The van der Waals surface area contributed by atoms with Gasteiger partial charge in [0, 0.05) is 24.5 Å². The second-order valence-electron chi connectivity index (χ2n) is 3.72. The monoisotopic (exact) mass is 234 g/mol. The molecule has 1 unspecified atom stereocenters. The summed E-state index contributed by atoms with van der Waals surface area (Å²) in [4.78, 5) is 3.62. The fourth-order valence-corrected chi connectivity index (χ4v) is 1.51. The Hall–Kier alpha value is -1.14. The molecule has 0 saturated heterocycles. The molecule has 0 bridgehead atoms.